The molecule has 108 valence electrons. The Morgan fingerprint density at radius 3 is 2.57 bits per heavy atom. The second-order valence-electron chi connectivity index (χ2n) is 4.14. The third-order valence-corrected chi connectivity index (χ3v) is 2.75. The minimum absolute atomic E-state index is 0.0531. The van der Waals surface area contributed by atoms with Crippen LogP contribution >= 0.6 is 0 Å². The Balaban J connectivity index is 2.05. The average molecular weight is 286 g/mol. The van der Waals surface area contributed by atoms with E-state index in [0.29, 0.717) is 16.9 Å². The molecule has 2 aromatic rings. The minimum Gasteiger partial charge on any atom is -0.508 e. The van der Waals surface area contributed by atoms with Gasteiger partial charge >= 0.3 is 0 Å². The van der Waals surface area contributed by atoms with E-state index in [0.717, 1.165) is 0 Å². The molecule has 3 N–H and O–H groups in total. The van der Waals surface area contributed by atoms with E-state index in [1.807, 2.05) is 0 Å². The number of aromatic hydroxyl groups is 2. The molecule has 6 heteroatoms. The van der Waals surface area contributed by atoms with Crippen molar-refractivity contribution < 1.29 is 19.7 Å². The molecule has 21 heavy (non-hydrogen) atoms. The van der Waals surface area contributed by atoms with Gasteiger partial charge in [-0.2, -0.15) is 5.10 Å². The van der Waals surface area contributed by atoms with Crippen molar-refractivity contribution in [2.75, 3.05) is 7.11 Å². The van der Waals surface area contributed by atoms with E-state index in [2.05, 4.69) is 10.5 Å². The minimum atomic E-state index is -0.423. The highest BCUT2D eigenvalue weighted by molar-refractivity contribution is 5.95. The van der Waals surface area contributed by atoms with Crippen molar-refractivity contribution in [1.82, 2.24) is 5.43 Å². The molecule has 0 spiro atoms. The van der Waals surface area contributed by atoms with Crippen LogP contribution in [-0.2, 0) is 0 Å². The second kappa shape index (κ2) is 6.42. The third kappa shape index (κ3) is 3.50. The highest BCUT2D eigenvalue weighted by atomic mass is 16.5. The van der Waals surface area contributed by atoms with Gasteiger partial charge in [0.2, 0.25) is 0 Å². The van der Waals surface area contributed by atoms with Crippen molar-refractivity contribution in [3.8, 4) is 17.2 Å². The molecule has 0 aliphatic rings. The summed E-state index contributed by atoms with van der Waals surface area (Å²) in [7, 11) is 1.45. The van der Waals surface area contributed by atoms with Crippen LogP contribution in [0.4, 0.5) is 0 Å². The SMILES string of the molecule is COc1cccc(C=NNC(=O)c2ccc(O)cc2)c1O. The van der Waals surface area contributed by atoms with Crippen LogP contribution in [0.5, 0.6) is 17.2 Å². The largest absolute Gasteiger partial charge is 0.508 e. The van der Waals surface area contributed by atoms with Crippen LogP contribution < -0.4 is 10.2 Å². The first-order valence-electron chi connectivity index (χ1n) is 6.10. The number of nitrogens with zero attached hydrogens (tertiary/aromatic N) is 1. The fourth-order valence-electron chi connectivity index (χ4n) is 1.65. The maximum Gasteiger partial charge on any atom is 0.271 e. The maximum atomic E-state index is 11.8. The zero-order valence-electron chi connectivity index (χ0n) is 11.3. The first-order chi connectivity index (χ1) is 10.1. The predicted octanol–water partition coefficient (Wildman–Crippen LogP) is 1.87. The molecule has 6 nitrogen and oxygen atoms in total. The molecule has 0 unspecified atom stereocenters. The number of hydrazone groups is 1. The highest BCUT2D eigenvalue weighted by Crippen LogP contribution is 2.27. The number of hydrogen-bond donors (Lipinski definition) is 3. The Morgan fingerprint density at radius 1 is 1.19 bits per heavy atom. The lowest BCUT2D eigenvalue weighted by molar-refractivity contribution is 0.0955. The van der Waals surface area contributed by atoms with Crippen molar-refractivity contribution >= 4 is 12.1 Å². The summed E-state index contributed by atoms with van der Waals surface area (Å²) in [5.74, 6) is -0.0727. The summed E-state index contributed by atoms with van der Waals surface area (Å²) < 4.78 is 4.97. The van der Waals surface area contributed by atoms with Crippen LogP contribution in [0, 0.1) is 0 Å². The van der Waals surface area contributed by atoms with E-state index in [9.17, 15) is 9.90 Å². The third-order valence-electron chi connectivity index (χ3n) is 2.75. The van der Waals surface area contributed by atoms with E-state index >= 15 is 0 Å². The van der Waals surface area contributed by atoms with Crippen molar-refractivity contribution in [2.45, 2.75) is 0 Å². The molecule has 0 atom stereocenters. The number of nitrogens with one attached hydrogen (secondary N) is 1. The summed E-state index contributed by atoms with van der Waals surface area (Å²) in [5.41, 5.74) is 3.11. The number of phenolic OH excluding ortho intramolecular Hbond substituents is 2. The molecule has 1 amide bonds. The Morgan fingerprint density at radius 2 is 1.90 bits per heavy atom. The Labute approximate surface area is 121 Å². The zero-order valence-corrected chi connectivity index (χ0v) is 11.3. The zero-order chi connectivity index (χ0) is 15.2. The van der Waals surface area contributed by atoms with E-state index in [-0.39, 0.29) is 11.5 Å². The number of amides is 1. The van der Waals surface area contributed by atoms with Crippen molar-refractivity contribution in [2.24, 2.45) is 5.10 Å². The summed E-state index contributed by atoms with van der Waals surface area (Å²) in [4.78, 5) is 11.8. The van der Waals surface area contributed by atoms with Gasteiger partial charge < -0.3 is 14.9 Å². The fraction of sp³-hybridized carbons (Fsp3) is 0.0667. The topological polar surface area (TPSA) is 91.2 Å². The standard InChI is InChI=1S/C15H14N2O4/c1-21-13-4-2-3-11(14(13)19)9-16-17-15(20)10-5-7-12(18)8-6-10/h2-9,18-19H,1H3,(H,17,20). The van der Waals surface area contributed by atoms with Crippen molar-refractivity contribution in [3.05, 3.63) is 53.6 Å². The van der Waals surface area contributed by atoms with E-state index in [4.69, 9.17) is 9.84 Å². The van der Waals surface area contributed by atoms with Crippen molar-refractivity contribution in [1.29, 1.82) is 0 Å². The molecule has 0 radical (unpaired) electrons. The van der Waals surface area contributed by atoms with Crippen LogP contribution in [0.15, 0.2) is 47.6 Å². The van der Waals surface area contributed by atoms with Crippen molar-refractivity contribution in [3.63, 3.8) is 0 Å². The lowest BCUT2D eigenvalue weighted by Crippen LogP contribution is -2.17. The monoisotopic (exact) mass is 286 g/mol. The second-order valence-corrected chi connectivity index (χ2v) is 4.14. The Bertz CT molecular complexity index is 666. The number of para-hydroxylation sites is 1. The Hall–Kier alpha value is -3.02. The average Bonchev–Trinajstić information content (AvgIpc) is 2.49. The molecule has 0 aliphatic carbocycles. The van der Waals surface area contributed by atoms with Gasteiger partial charge in [0.05, 0.1) is 13.3 Å². The smallest absolute Gasteiger partial charge is 0.271 e. The molecular weight excluding hydrogens is 272 g/mol. The van der Waals surface area contributed by atoms with Gasteiger partial charge in [0.15, 0.2) is 11.5 Å². The van der Waals surface area contributed by atoms with Crippen LogP contribution in [0.3, 0.4) is 0 Å². The molecule has 0 fully saturated rings. The highest BCUT2D eigenvalue weighted by Gasteiger charge is 2.06. The first kappa shape index (κ1) is 14.4. The molecule has 0 bridgehead atoms. The van der Waals surface area contributed by atoms with E-state index in [1.165, 1.54) is 37.6 Å². The molecule has 0 aliphatic heterocycles. The van der Waals surface area contributed by atoms with Crippen LogP contribution in [0.25, 0.3) is 0 Å². The maximum absolute atomic E-state index is 11.8. The van der Waals surface area contributed by atoms with Gasteiger partial charge in [-0.25, -0.2) is 5.43 Å². The number of benzene rings is 2. The van der Waals surface area contributed by atoms with Gasteiger partial charge in [-0.05, 0) is 36.4 Å². The Kier molecular flexibility index (Phi) is 4.40. The lowest BCUT2D eigenvalue weighted by atomic mass is 10.2. The van der Waals surface area contributed by atoms with E-state index in [1.54, 1.807) is 18.2 Å². The molecule has 0 heterocycles. The number of rotatable bonds is 4. The number of carbonyl (C=O) groups excluding carboxylic acids is 1. The number of hydrogen-bond acceptors (Lipinski definition) is 5. The summed E-state index contributed by atoms with van der Waals surface area (Å²) in [6, 6.07) is 10.7. The number of carbonyl (C=O) groups is 1. The molecule has 0 saturated carbocycles. The van der Waals surface area contributed by atoms with Gasteiger partial charge in [0, 0.05) is 11.1 Å². The molecule has 2 aromatic carbocycles. The molecule has 0 saturated heterocycles. The molecule has 2 rings (SSSR count). The summed E-state index contributed by atoms with van der Waals surface area (Å²) in [5, 5.41) is 22.8. The predicted molar refractivity (Wildman–Crippen MR) is 77.8 cm³/mol. The molecule has 0 aromatic heterocycles. The van der Waals surface area contributed by atoms with Gasteiger partial charge in [-0.3, -0.25) is 4.79 Å². The van der Waals surface area contributed by atoms with E-state index < -0.39 is 5.91 Å². The summed E-state index contributed by atoms with van der Waals surface area (Å²) >= 11 is 0. The number of methoxy groups -OCH3 is 1. The normalized spacial score (nSPS) is 10.5. The number of ether oxygens (including phenoxy) is 1. The van der Waals surface area contributed by atoms with Crippen LogP contribution in [0.2, 0.25) is 0 Å². The van der Waals surface area contributed by atoms with Gasteiger partial charge in [-0.1, -0.05) is 6.07 Å². The molecular formula is C15H14N2O4. The fourth-order valence-corrected chi connectivity index (χ4v) is 1.65. The summed E-state index contributed by atoms with van der Waals surface area (Å²) in [6.07, 6.45) is 1.32. The summed E-state index contributed by atoms with van der Waals surface area (Å²) in [6.45, 7) is 0. The first-order valence-corrected chi connectivity index (χ1v) is 6.10. The number of phenols is 2. The van der Waals surface area contributed by atoms with Gasteiger partial charge in [0.1, 0.15) is 5.75 Å². The van der Waals surface area contributed by atoms with Crippen LogP contribution in [-0.4, -0.2) is 29.4 Å². The lowest BCUT2D eigenvalue weighted by Gasteiger charge is -2.05. The van der Waals surface area contributed by atoms with Gasteiger partial charge in [0.25, 0.3) is 5.91 Å². The van der Waals surface area contributed by atoms with Crippen LogP contribution in [0.1, 0.15) is 15.9 Å². The van der Waals surface area contributed by atoms with Gasteiger partial charge in [-0.15, -0.1) is 0 Å². The quantitative estimate of drug-likeness (QED) is 0.591.